The summed E-state index contributed by atoms with van der Waals surface area (Å²) in [4.78, 5) is 26.4. The SMILES string of the molecule is CN(C)c1cccc(C(=O)NNC(=O)Cc2cccc3ccccc23)c1. The van der Waals surface area contributed by atoms with Crippen molar-refractivity contribution in [2.45, 2.75) is 6.42 Å². The standard InChI is InChI=1S/C21H21N3O2/c1-24(2)18-11-6-10-17(13-18)21(26)23-22-20(25)14-16-9-5-8-15-7-3-4-12-19(15)16/h3-13H,14H2,1-2H3,(H,22,25)(H,23,26). The van der Waals surface area contributed by atoms with E-state index in [1.807, 2.05) is 73.6 Å². The third-order valence-corrected chi connectivity index (χ3v) is 4.17. The fourth-order valence-electron chi connectivity index (χ4n) is 2.79. The van der Waals surface area contributed by atoms with Gasteiger partial charge in [-0.2, -0.15) is 0 Å². The topological polar surface area (TPSA) is 61.4 Å². The van der Waals surface area contributed by atoms with E-state index in [4.69, 9.17) is 0 Å². The molecule has 3 aromatic carbocycles. The Balaban J connectivity index is 1.63. The molecule has 5 nitrogen and oxygen atoms in total. The Morgan fingerprint density at radius 3 is 2.42 bits per heavy atom. The van der Waals surface area contributed by atoms with Gasteiger partial charge in [0, 0.05) is 25.3 Å². The lowest BCUT2D eigenvalue weighted by molar-refractivity contribution is -0.121. The van der Waals surface area contributed by atoms with Gasteiger partial charge in [-0.3, -0.25) is 20.4 Å². The number of nitrogens with one attached hydrogen (secondary N) is 2. The molecule has 0 fully saturated rings. The summed E-state index contributed by atoms with van der Waals surface area (Å²) in [6.45, 7) is 0. The van der Waals surface area contributed by atoms with Crippen molar-refractivity contribution in [3.63, 3.8) is 0 Å². The van der Waals surface area contributed by atoms with Crippen LogP contribution < -0.4 is 15.8 Å². The summed E-state index contributed by atoms with van der Waals surface area (Å²) in [6, 6.07) is 21.0. The molecule has 2 N–H and O–H groups in total. The van der Waals surface area contributed by atoms with Crippen molar-refractivity contribution in [2.24, 2.45) is 0 Å². The van der Waals surface area contributed by atoms with E-state index in [0.717, 1.165) is 22.0 Å². The second kappa shape index (κ2) is 7.70. The maximum Gasteiger partial charge on any atom is 0.269 e. The highest BCUT2D eigenvalue weighted by atomic mass is 16.2. The molecule has 0 saturated heterocycles. The van der Waals surface area contributed by atoms with Crippen LogP contribution in [0.4, 0.5) is 5.69 Å². The first-order valence-corrected chi connectivity index (χ1v) is 8.38. The second-order valence-electron chi connectivity index (χ2n) is 6.26. The van der Waals surface area contributed by atoms with E-state index in [-0.39, 0.29) is 18.2 Å². The lowest BCUT2D eigenvalue weighted by Gasteiger charge is -2.14. The quantitative estimate of drug-likeness (QED) is 0.714. The van der Waals surface area contributed by atoms with Gasteiger partial charge in [0.05, 0.1) is 6.42 Å². The normalized spacial score (nSPS) is 10.4. The summed E-state index contributed by atoms with van der Waals surface area (Å²) in [5.74, 6) is -0.613. The van der Waals surface area contributed by atoms with Gasteiger partial charge in [0.2, 0.25) is 5.91 Å². The van der Waals surface area contributed by atoms with Gasteiger partial charge in [-0.25, -0.2) is 0 Å². The molecule has 0 atom stereocenters. The van der Waals surface area contributed by atoms with E-state index < -0.39 is 0 Å². The number of anilines is 1. The van der Waals surface area contributed by atoms with Gasteiger partial charge in [-0.15, -0.1) is 0 Å². The van der Waals surface area contributed by atoms with Crippen molar-refractivity contribution in [1.82, 2.24) is 10.9 Å². The highest BCUT2D eigenvalue weighted by molar-refractivity contribution is 5.97. The van der Waals surface area contributed by atoms with E-state index in [1.54, 1.807) is 12.1 Å². The first-order valence-electron chi connectivity index (χ1n) is 8.38. The second-order valence-corrected chi connectivity index (χ2v) is 6.26. The Hall–Kier alpha value is -3.34. The molecule has 0 bridgehead atoms. The first kappa shape index (κ1) is 17.5. The number of nitrogens with zero attached hydrogens (tertiary/aromatic N) is 1. The Labute approximate surface area is 152 Å². The number of amides is 2. The van der Waals surface area contributed by atoms with Crippen molar-refractivity contribution in [1.29, 1.82) is 0 Å². The van der Waals surface area contributed by atoms with Gasteiger partial charge in [0.15, 0.2) is 0 Å². The van der Waals surface area contributed by atoms with Crippen molar-refractivity contribution in [2.75, 3.05) is 19.0 Å². The maximum absolute atomic E-state index is 12.2. The number of hydrogen-bond acceptors (Lipinski definition) is 3. The van der Waals surface area contributed by atoms with Crippen LogP contribution in [0.15, 0.2) is 66.7 Å². The highest BCUT2D eigenvalue weighted by Crippen LogP contribution is 2.18. The lowest BCUT2D eigenvalue weighted by Crippen LogP contribution is -2.42. The van der Waals surface area contributed by atoms with E-state index >= 15 is 0 Å². The van der Waals surface area contributed by atoms with Crippen molar-refractivity contribution < 1.29 is 9.59 Å². The fourth-order valence-corrected chi connectivity index (χ4v) is 2.79. The average Bonchev–Trinajstić information content (AvgIpc) is 2.66. The Morgan fingerprint density at radius 1 is 0.885 bits per heavy atom. The van der Waals surface area contributed by atoms with E-state index in [1.165, 1.54) is 0 Å². The predicted octanol–water partition coefficient (Wildman–Crippen LogP) is 2.91. The summed E-state index contributed by atoms with van der Waals surface area (Å²) in [5.41, 5.74) is 7.29. The molecule has 0 heterocycles. The summed E-state index contributed by atoms with van der Waals surface area (Å²) in [5, 5.41) is 2.12. The number of carbonyl (C=O) groups is 2. The highest BCUT2D eigenvalue weighted by Gasteiger charge is 2.10. The van der Waals surface area contributed by atoms with Gasteiger partial charge in [0.1, 0.15) is 0 Å². The van der Waals surface area contributed by atoms with Gasteiger partial charge < -0.3 is 4.90 Å². The zero-order chi connectivity index (χ0) is 18.5. The molecular formula is C21H21N3O2. The Bertz CT molecular complexity index is 945. The van der Waals surface area contributed by atoms with E-state index in [2.05, 4.69) is 10.9 Å². The van der Waals surface area contributed by atoms with Gasteiger partial charge >= 0.3 is 0 Å². The monoisotopic (exact) mass is 347 g/mol. The minimum Gasteiger partial charge on any atom is -0.378 e. The minimum absolute atomic E-state index is 0.194. The molecular weight excluding hydrogens is 326 g/mol. The van der Waals surface area contributed by atoms with Gasteiger partial charge in [-0.05, 0) is 34.5 Å². The number of benzene rings is 3. The lowest BCUT2D eigenvalue weighted by atomic mass is 10.0. The average molecular weight is 347 g/mol. The number of rotatable bonds is 4. The molecule has 5 heteroatoms. The number of carbonyl (C=O) groups excluding carboxylic acids is 2. The van der Waals surface area contributed by atoms with Crippen LogP contribution in [0.2, 0.25) is 0 Å². The van der Waals surface area contributed by atoms with Crippen LogP contribution in [0.5, 0.6) is 0 Å². The number of hydrogen-bond donors (Lipinski definition) is 2. The van der Waals surface area contributed by atoms with Crippen LogP contribution in [-0.4, -0.2) is 25.9 Å². The maximum atomic E-state index is 12.2. The van der Waals surface area contributed by atoms with Crippen LogP contribution >= 0.6 is 0 Å². The summed E-state index contributed by atoms with van der Waals surface area (Å²) in [6.07, 6.45) is 0.194. The largest absolute Gasteiger partial charge is 0.378 e. The molecule has 3 rings (SSSR count). The minimum atomic E-state index is -0.347. The molecule has 0 saturated carbocycles. The van der Waals surface area contributed by atoms with Crippen LogP contribution in [0.3, 0.4) is 0 Å². The Morgan fingerprint density at radius 2 is 1.62 bits per heavy atom. The van der Waals surface area contributed by atoms with Crippen LogP contribution in [-0.2, 0) is 11.2 Å². The molecule has 2 amide bonds. The zero-order valence-corrected chi connectivity index (χ0v) is 14.8. The molecule has 3 aromatic rings. The zero-order valence-electron chi connectivity index (χ0n) is 14.8. The van der Waals surface area contributed by atoms with Crippen molar-refractivity contribution >= 4 is 28.3 Å². The van der Waals surface area contributed by atoms with Gasteiger partial charge in [-0.1, -0.05) is 48.5 Å². The first-order chi connectivity index (χ1) is 12.5. The molecule has 0 spiro atoms. The molecule has 0 unspecified atom stereocenters. The van der Waals surface area contributed by atoms with E-state index in [0.29, 0.717) is 5.56 Å². The number of hydrazine groups is 1. The molecule has 132 valence electrons. The Kier molecular flexibility index (Phi) is 5.17. The van der Waals surface area contributed by atoms with Crippen molar-refractivity contribution in [3.05, 3.63) is 77.9 Å². The summed E-state index contributed by atoms with van der Waals surface area (Å²) in [7, 11) is 3.81. The summed E-state index contributed by atoms with van der Waals surface area (Å²) < 4.78 is 0. The molecule has 26 heavy (non-hydrogen) atoms. The van der Waals surface area contributed by atoms with E-state index in [9.17, 15) is 9.59 Å². The third-order valence-electron chi connectivity index (χ3n) is 4.17. The summed E-state index contributed by atoms with van der Waals surface area (Å²) >= 11 is 0. The molecule has 0 aliphatic carbocycles. The van der Waals surface area contributed by atoms with Crippen LogP contribution in [0.1, 0.15) is 15.9 Å². The number of fused-ring (bicyclic) bond motifs is 1. The van der Waals surface area contributed by atoms with Crippen LogP contribution in [0.25, 0.3) is 10.8 Å². The molecule has 0 aromatic heterocycles. The van der Waals surface area contributed by atoms with Gasteiger partial charge in [0.25, 0.3) is 5.91 Å². The molecule has 0 aliphatic rings. The third kappa shape index (κ3) is 4.00. The van der Waals surface area contributed by atoms with Crippen molar-refractivity contribution in [3.8, 4) is 0 Å². The molecule has 0 aliphatic heterocycles. The molecule has 0 radical (unpaired) electrons. The fraction of sp³-hybridized carbons (Fsp3) is 0.143. The predicted molar refractivity (Wildman–Crippen MR) is 104 cm³/mol. The van der Waals surface area contributed by atoms with Crippen LogP contribution in [0, 0.1) is 0 Å². The smallest absolute Gasteiger partial charge is 0.269 e.